The topological polar surface area (TPSA) is 119 Å². The summed E-state index contributed by atoms with van der Waals surface area (Å²) in [4.78, 5) is 13.4. The van der Waals surface area contributed by atoms with Gasteiger partial charge in [-0.1, -0.05) is 188 Å². The molecule has 9 rings (SSSR count). The summed E-state index contributed by atoms with van der Waals surface area (Å²) in [7, 11) is 0. The molecule has 0 amide bonds. The van der Waals surface area contributed by atoms with E-state index < -0.39 is 60.8 Å². The number of rotatable bonds is 19. The number of esters is 1. The van der Waals surface area contributed by atoms with Crippen molar-refractivity contribution in [2.24, 2.45) is 0 Å². The van der Waals surface area contributed by atoms with E-state index in [0.717, 1.165) is 33.4 Å². The Balaban J connectivity index is 1.15. The van der Waals surface area contributed by atoms with Crippen molar-refractivity contribution in [3.05, 3.63) is 228 Å². The van der Waals surface area contributed by atoms with Crippen LogP contribution in [0.3, 0.4) is 0 Å². The molecule has 3 aliphatic rings. The molecule has 3 aliphatic heterocycles. The zero-order chi connectivity index (χ0) is 47.6. The standard InChI is InChI=1S/C58H60O12/c59-51-32-19-33-60-40-49-52(63-35-44-22-9-2-10-23-44)54(65-37-46-26-13-4-14-27-46)55(66-38-47-28-15-5-16-29-47)57(68-49)70-58(42-61-34-43-20-7-1-8-21-43)56(67-39-48-30-17-6-18-31-48)53(50(69-58)41-62-51)64-36-45-24-11-3-12-25-45/h1-32,49-50,52-57H,33-42H2/b32-19-/t49-,50-,52-,53-,54+,55-,56+,57-,58+/m1/s1. The second kappa shape index (κ2) is 25.3. The van der Waals surface area contributed by atoms with Crippen LogP contribution in [-0.2, 0) is 96.5 Å². The van der Waals surface area contributed by atoms with Crippen molar-refractivity contribution < 1.29 is 56.9 Å². The van der Waals surface area contributed by atoms with Crippen molar-refractivity contribution in [1.29, 1.82) is 0 Å². The number of ether oxygens (including phenoxy) is 11. The molecule has 0 saturated carbocycles. The number of carbonyl (C=O) groups is 1. The maximum atomic E-state index is 13.4. The fraction of sp³-hybridized carbons (Fsp3) is 0.328. The lowest BCUT2D eigenvalue weighted by Crippen LogP contribution is -2.65. The Kier molecular flexibility index (Phi) is 17.8. The van der Waals surface area contributed by atoms with Gasteiger partial charge in [-0.05, 0) is 33.4 Å². The van der Waals surface area contributed by atoms with E-state index in [1.165, 1.54) is 6.08 Å². The Bertz CT molecular complexity index is 2470. The SMILES string of the molecule is O=C1/C=C\COC[C@H]2O[C@H](O[C@]3(COCc4ccccc4)O[C@H](CO1)[C@@H](OCc1ccccc1)[C@@H]3OCc1ccccc1)[C@H](OCc1ccccc1)[C@@H](OCc1ccccc1)[C@@H]2OCc1ccccc1. The lowest BCUT2D eigenvalue weighted by molar-refractivity contribution is -0.398. The molecule has 364 valence electrons. The van der Waals surface area contributed by atoms with Crippen LogP contribution in [0.1, 0.15) is 33.4 Å². The van der Waals surface area contributed by atoms with E-state index >= 15 is 0 Å². The molecule has 12 heteroatoms. The minimum absolute atomic E-state index is 0.0348. The fourth-order valence-corrected chi connectivity index (χ4v) is 8.82. The third kappa shape index (κ3) is 13.5. The highest BCUT2D eigenvalue weighted by molar-refractivity contribution is 5.81. The maximum absolute atomic E-state index is 13.4. The first-order valence-electron chi connectivity index (χ1n) is 23.9. The fourth-order valence-electron chi connectivity index (χ4n) is 8.82. The number of fused-ring (bicyclic) bond motifs is 4. The number of cyclic esters (lactones) is 1. The van der Waals surface area contributed by atoms with Gasteiger partial charge in [-0.2, -0.15) is 0 Å². The van der Waals surface area contributed by atoms with Crippen LogP contribution in [0.4, 0.5) is 0 Å². The molecule has 2 saturated heterocycles. The molecular formula is C58H60O12. The van der Waals surface area contributed by atoms with Gasteiger partial charge in [0.1, 0.15) is 55.9 Å². The average molecular weight is 949 g/mol. The number of carbonyl (C=O) groups excluding carboxylic acids is 1. The molecule has 0 aromatic heterocycles. The molecule has 0 radical (unpaired) electrons. The summed E-state index contributed by atoms with van der Waals surface area (Å²) < 4.78 is 75.4. The van der Waals surface area contributed by atoms with Gasteiger partial charge in [0.25, 0.3) is 0 Å². The number of hydrogen-bond donors (Lipinski definition) is 0. The van der Waals surface area contributed by atoms with Crippen LogP contribution in [0.5, 0.6) is 0 Å². The van der Waals surface area contributed by atoms with Gasteiger partial charge in [0, 0.05) is 6.08 Å². The van der Waals surface area contributed by atoms with Gasteiger partial charge in [0.15, 0.2) is 6.29 Å². The Labute approximate surface area is 409 Å². The van der Waals surface area contributed by atoms with Crippen molar-refractivity contribution in [2.45, 2.75) is 94.4 Å². The zero-order valence-electron chi connectivity index (χ0n) is 39.1. The Hall–Kier alpha value is -5.87. The van der Waals surface area contributed by atoms with Crippen LogP contribution >= 0.6 is 0 Å². The molecule has 9 atom stereocenters. The quantitative estimate of drug-likeness (QED) is 0.0721. The highest BCUT2D eigenvalue weighted by Crippen LogP contribution is 2.42. The molecule has 3 heterocycles. The summed E-state index contributed by atoms with van der Waals surface area (Å²) in [5.41, 5.74) is 5.62. The van der Waals surface area contributed by atoms with Crippen LogP contribution in [0, 0.1) is 0 Å². The monoisotopic (exact) mass is 948 g/mol. The maximum Gasteiger partial charge on any atom is 0.330 e. The van der Waals surface area contributed by atoms with Crippen molar-refractivity contribution in [3.8, 4) is 0 Å². The van der Waals surface area contributed by atoms with Gasteiger partial charge in [0.05, 0.1) is 52.9 Å². The Morgan fingerprint density at radius 1 is 0.443 bits per heavy atom. The molecule has 4 bridgehead atoms. The predicted molar refractivity (Wildman–Crippen MR) is 259 cm³/mol. The van der Waals surface area contributed by atoms with Crippen molar-refractivity contribution in [3.63, 3.8) is 0 Å². The van der Waals surface area contributed by atoms with E-state index in [1.54, 1.807) is 6.08 Å². The average Bonchev–Trinajstić information content (AvgIpc) is 3.69. The van der Waals surface area contributed by atoms with E-state index in [9.17, 15) is 4.79 Å². The lowest BCUT2D eigenvalue weighted by atomic mass is 9.97. The molecule has 0 spiro atoms. The van der Waals surface area contributed by atoms with E-state index in [2.05, 4.69) is 0 Å². The minimum Gasteiger partial charge on any atom is -0.460 e. The molecule has 6 aromatic carbocycles. The first-order valence-corrected chi connectivity index (χ1v) is 23.9. The van der Waals surface area contributed by atoms with Crippen molar-refractivity contribution >= 4 is 5.97 Å². The molecule has 0 aliphatic carbocycles. The molecular weight excluding hydrogens is 889 g/mol. The summed E-state index contributed by atoms with van der Waals surface area (Å²) in [5.74, 6) is -2.35. The summed E-state index contributed by atoms with van der Waals surface area (Å²) >= 11 is 0. The van der Waals surface area contributed by atoms with Crippen LogP contribution < -0.4 is 0 Å². The second-order valence-electron chi connectivity index (χ2n) is 17.4. The first-order chi connectivity index (χ1) is 34.6. The number of hydrogen-bond acceptors (Lipinski definition) is 12. The predicted octanol–water partition coefficient (Wildman–Crippen LogP) is 9.10. The second-order valence-corrected chi connectivity index (χ2v) is 17.4. The van der Waals surface area contributed by atoms with E-state index in [1.807, 2.05) is 182 Å². The summed E-state index contributed by atoms with van der Waals surface area (Å²) in [6.07, 6.45) is -4.29. The van der Waals surface area contributed by atoms with Gasteiger partial charge in [-0.25, -0.2) is 4.79 Å². The lowest BCUT2D eigenvalue weighted by Gasteiger charge is -2.48. The highest BCUT2D eigenvalue weighted by atomic mass is 16.8. The van der Waals surface area contributed by atoms with E-state index in [-0.39, 0.29) is 66.1 Å². The third-order valence-electron chi connectivity index (χ3n) is 12.3. The van der Waals surface area contributed by atoms with Crippen LogP contribution in [0.25, 0.3) is 0 Å². The minimum atomic E-state index is -1.77. The van der Waals surface area contributed by atoms with Crippen LogP contribution in [0.2, 0.25) is 0 Å². The highest BCUT2D eigenvalue weighted by Gasteiger charge is 2.62. The molecule has 6 aromatic rings. The largest absolute Gasteiger partial charge is 0.460 e. The Morgan fingerprint density at radius 2 is 0.871 bits per heavy atom. The summed E-state index contributed by atoms with van der Waals surface area (Å²) in [5, 5.41) is 0. The van der Waals surface area contributed by atoms with Gasteiger partial charge in [0.2, 0.25) is 5.79 Å². The smallest absolute Gasteiger partial charge is 0.330 e. The zero-order valence-corrected chi connectivity index (χ0v) is 39.1. The van der Waals surface area contributed by atoms with Gasteiger partial charge >= 0.3 is 5.97 Å². The molecule has 0 N–H and O–H groups in total. The van der Waals surface area contributed by atoms with Crippen molar-refractivity contribution in [2.75, 3.05) is 26.4 Å². The van der Waals surface area contributed by atoms with Gasteiger partial charge in [-0.3, -0.25) is 0 Å². The normalized spacial score (nSPS) is 26.4. The van der Waals surface area contributed by atoms with Crippen LogP contribution in [0.15, 0.2) is 194 Å². The van der Waals surface area contributed by atoms with Gasteiger partial charge in [-0.15, -0.1) is 0 Å². The van der Waals surface area contributed by atoms with Crippen molar-refractivity contribution in [1.82, 2.24) is 0 Å². The van der Waals surface area contributed by atoms with E-state index in [4.69, 9.17) is 52.1 Å². The van der Waals surface area contributed by atoms with Gasteiger partial charge < -0.3 is 52.1 Å². The molecule has 70 heavy (non-hydrogen) atoms. The summed E-state index contributed by atoms with van der Waals surface area (Å²) in [6, 6.07) is 59.3. The number of benzene rings is 6. The molecule has 0 unspecified atom stereocenters. The Morgan fingerprint density at radius 3 is 1.37 bits per heavy atom. The first kappa shape index (κ1) is 49.1. The van der Waals surface area contributed by atoms with E-state index in [0.29, 0.717) is 0 Å². The molecule has 12 nitrogen and oxygen atoms in total. The van der Waals surface area contributed by atoms with Crippen LogP contribution in [-0.4, -0.2) is 87.2 Å². The summed E-state index contributed by atoms with van der Waals surface area (Å²) in [6.45, 7) is 1.00. The third-order valence-corrected chi connectivity index (χ3v) is 12.3. The molecule has 2 fully saturated rings.